The van der Waals surface area contributed by atoms with Gasteiger partial charge in [-0.25, -0.2) is 13.6 Å². The summed E-state index contributed by atoms with van der Waals surface area (Å²) in [6.07, 6.45) is 4.58. The van der Waals surface area contributed by atoms with Crippen molar-refractivity contribution >= 4 is 27.5 Å². The highest BCUT2D eigenvalue weighted by Gasteiger charge is 2.40. The second-order valence-electron chi connectivity index (χ2n) is 5.94. The summed E-state index contributed by atoms with van der Waals surface area (Å²) in [6, 6.07) is 4.09. The first-order valence-corrected chi connectivity index (χ1v) is 8.90. The highest BCUT2D eigenvalue weighted by molar-refractivity contribution is 7.89. The Balaban J connectivity index is 1.81. The van der Waals surface area contributed by atoms with Gasteiger partial charge in [-0.2, -0.15) is 0 Å². The first-order valence-electron chi connectivity index (χ1n) is 6.98. The summed E-state index contributed by atoms with van der Waals surface area (Å²) < 4.78 is 22.7. The van der Waals surface area contributed by atoms with Gasteiger partial charge in [-0.3, -0.25) is 4.79 Å². The molecule has 7 heteroatoms. The summed E-state index contributed by atoms with van der Waals surface area (Å²) in [5.74, 6) is 0.925. The lowest BCUT2D eigenvalue weighted by atomic mass is 9.95. The van der Waals surface area contributed by atoms with Gasteiger partial charge in [-0.15, -0.1) is 0 Å². The molecule has 114 valence electrons. The Hall–Kier alpha value is -1.11. The van der Waals surface area contributed by atoms with E-state index in [9.17, 15) is 13.2 Å². The van der Waals surface area contributed by atoms with Crippen LogP contribution in [-0.4, -0.2) is 20.4 Å². The van der Waals surface area contributed by atoms with Gasteiger partial charge < -0.3 is 5.32 Å². The Morgan fingerprint density at radius 2 is 2.05 bits per heavy atom. The minimum Gasteiger partial charge on any atom is -0.349 e. The number of hydrogen-bond donors (Lipinski definition) is 2. The van der Waals surface area contributed by atoms with E-state index in [0.29, 0.717) is 11.8 Å². The molecule has 3 N–H and O–H groups in total. The van der Waals surface area contributed by atoms with Crippen LogP contribution in [0.15, 0.2) is 23.1 Å². The largest absolute Gasteiger partial charge is 0.349 e. The van der Waals surface area contributed by atoms with E-state index >= 15 is 0 Å². The SMILES string of the molecule is NS(=O)(=O)c1ccc(Cl)c(C(=O)NC2CC3CCC2C3)c1. The van der Waals surface area contributed by atoms with Crippen LogP contribution in [0.2, 0.25) is 5.02 Å². The number of nitrogens with two attached hydrogens (primary N) is 1. The summed E-state index contributed by atoms with van der Waals surface area (Å²) in [5, 5.41) is 8.30. The summed E-state index contributed by atoms with van der Waals surface area (Å²) in [6.45, 7) is 0. The lowest BCUT2D eigenvalue weighted by Gasteiger charge is -2.23. The van der Waals surface area contributed by atoms with Crippen LogP contribution in [0.5, 0.6) is 0 Å². The van der Waals surface area contributed by atoms with Crippen molar-refractivity contribution in [2.75, 3.05) is 0 Å². The molecule has 1 aromatic rings. The minimum absolute atomic E-state index is 0.106. The lowest BCUT2D eigenvalue weighted by molar-refractivity contribution is 0.0923. The number of amides is 1. The van der Waals surface area contributed by atoms with Crippen LogP contribution in [0.4, 0.5) is 0 Å². The van der Waals surface area contributed by atoms with E-state index in [4.69, 9.17) is 16.7 Å². The molecule has 0 heterocycles. The van der Waals surface area contributed by atoms with Gasteiger partial charge >= 0.3 is 0 Å². The first kappa shape index (κ1) is 14.8. The van der Waals surface area contributed by atoms with Crippen molar-refractivity contribution in [3.63, 3.8) is 0 Å². The number of sulfonamides is 1. The smallest absolute Gasteiger partial charge is 0.253 e. The first-order chi connectivity index (χ1) is 9.84. The maximum absolute atomic E-state index is 12.3. The molecular weight excluding hydrogens is 312 g/mol. The predicted molar refractivity (Wildman–Crippen MR) is 79.5 cm³/mol. The van der Waals surface area contributed by atoms with Crippen LogP contribution >= 0.6 is 11.6 Å². The highest BCUT2D eigenvalue weighted by atomic mass is 35.5. The van der Waals surface area contributed by atoms with Gasteiger partial charge in [0.25, 0.3) is 5.91 Å². The molecule has 1 amide bonds. The topological polar surface area (TPSA) is 89.3 Å². The monoisotopic (exact) mass is 328 g/mol. The molecule has 0 spiro atoms. The molecule has 3 unspecified atom stereocenters. The van der Waals surface area contributed by atoms with E-state index in [0.717, 1.165) is 12.8 Å². The zero-order valence-corrected chi connectivity index (χ0v) is 13.0. The summed E-state index contributed by atoms with van der Waals surface area (Å²) >= 11 is 6.01. The number of rotatable bonds is 3. The van der Waals surface area contributed by atoms with E-state index in [1.54, 1.807) is 0 Å². The summed E-state index contributed by atoms with van der Waals surface area (Å²) in [7, 11) is -3.85. The Kier molecular flexibility index (Phi) is 3.71. The Labute approximate surface area is 128 Å². The molecule has 2 saturated carbocycles. The Morgan fingerprint density at radius 3 is 2.62 bits per heavy atom. The molecule has 0 aliphatic heterocycles. The zero-order chi connectivity index (χ0) is 15.2. The number of hydrogen-bond acceptors (Lipinski definition) is 3. The average Bonchev–Trinajstić information content (AvgIpc) is 2.99. The quantitative estimate of drug-likeness (QED) is 0.888. The normalized spacial score (nSPS) is 27.8. The number of carbonyl (C=O) groups is 1. The second kappa shape index (κ2) is 5.26. The fraction of sp³-hybridized carbons (Fsp3) is 0.500. The summed E-state index contributed by atoms with van der Waals surface area (Å²) in [4.78, 5) is 12.2. The molecule has 1 aromatic carbocycles. The molecule has 0 saturated heterocycles. The molecule has 2 aliphatic carbocycles. The van der Waals surface area contributed by atoms with E-state index < -0.39 is 10.0 Å². The lowest BCUT2D eigenvalue weighted by Crippen LogP contribution is -2.38. The molecule has 3 rings (SSSR count). The number of halogens is 1. The van der Waals surface area contributed by atoms with Gasteiger partial charge in [-0.1, -0.05) is 18.0 Å². The van der Waals surface area contributed by atoms with E-state index in [-0.39, 0.29) is 27.4 Å². The van der Waals surface area contributed by atoms with Crippen LogP contribution in [-0.2, 0) is 10.0 Å². The fourth-order valence-electron chi connectivity index (χ4n) is 3.52. The molecule has 2 aliphatic rings. The third-order valence-corrected chi connectivity index (χ3v) is 5.81. The average molecular weight is 329 g/mol. The van der Waals surface area contributed by atoms with E-state index in [1.807, 2.05) is 0 Å². The van der Waals surface area contributed by atoms with Gasteiger partial charge in [0.2, 0.25) is 10.0 Å². The minimum atomic E-state index is -3.85. The maximum Gasteiger partial charge on any atom is 0.253 e. The van der Waals surface area contributed by atoms with Crippen molar-refractivity contribution in [1.29, 1.82) is 0 Å². The van der Waals surface area contributed by atoms with Crippen LogP contribution in [0.3, 0.4) is 0 Å². The van der Waals surface area contributed by atoms with Crippen molar-refractivity contribution in [3.05, 3.63) is 28.8 Å². The Bertz CT molecular complexity index is 689. The van der Waals surface area contributed by atoms with Gasteiger partial charge in [0.1, 0.15) is 0 Å². The van der Waals surface area contributed by atoms with Crippen molar-refractivity contribution in [2.45, 2.75) is 36.6 Å². The van der Waals surface area contributed by atoms with Crippen LogP contribution in [0.25, 0.3) is 0 Å². The molecule has 21 heavy (non-hydrogen) atoms. The van der Waals surface area contributed by atoms with Gasteiger partial charge in [0, 0.05) is 6.04 Å². The van der Waals surface area contributed by atoms with Gasteiger partial charge in [-0.05, 0) is 49.3 Å². The van der Waals surface area contributed by atoms with E-state index in [2.05, 4.69) is 5.32 Å². The van der Waals surface area contributed by atoms with Gasteiger partial charge in [0.15, 0.2) is 0 Å². The molecule has 2 fully saturated rings. The van der Waals surface area contributed by atoms with Crippen LogP contribution in [0.1, 0.15) is 36.0 Å². The number of benzene rings is 1. The number of nitrogens with one attached hydrogen (secondary N) is 1. The second-order valence-corrected chi connectivity index (χ2v) is 7.91. The van der Waals surface area contributed by atoms with Crippen molar-refractivity contribution < 1.29 is 13.2 Å². The van der Waals surface area contributed by atoms with E-state index in [1.165, 1.54) is 31.0 Å². The number of carbonyl (C=O) groups excluding carboxylic acids is 1. The Morgan fingerprint density at radius 1 is 1.29 bits per heavy atom. The molecule has 0 radical (unpaired) electrons. The number of primary sulfonamides is 1. The molecule has 0 aromatic heterocycles. The zero-order valence-electron chi connectivity index (χ0n) is 11.4. The van der Waals surface area contributed by atoms with Crippen LogP contribution in [0, 0.1) is 11.8 Å². The standard InChI is InChI=1S/C14H17ClN2O3S/c15-12-4-3-10(21(16,19)20)7-11(12)14(18)17-13-6-8-1-2-9(13)5-8/h3-4,7-9,13H,1-2,5-6H2,(H,17,18)(H2,16,19,20). The van der Waals surface area contributed by atoms with Gasteiger partial charge in [0.05, 0.1) is 15.5 Å². The van der Waals surface area contributed by atoms with Crippen molar-refractivity contribution in [2.24, 2.45) is 17.0 Å². The predicted octanol–water partition coefficient (Wildman–Crippen LogP) is 1.91. The molecule has 5 nitrogen and oxygen atoms in total. The third-order valence-electron chi connectivity index (χ3n) is 4.57. The third kappa shape index (κ3) is 2.93. The van der Waals surface area contributed by atoms with Crippen molar-refractivity contribution in [3.8, 4) is 0 Å². The summed E-state index contributed by atoms with van der Waals surface area (Å²) in [5.41, 5.74) is 0.158. The molecule has 2 bridgehead atoms. The molecular formula is C14H17ClN2O3S. The molecule has 3 atom stereocenters. The number of fused-ring (bicyclic) bond motifs is 2. The maximum atomic E-state index is 12.3. The fourth-order valence-corrected chi connectivity index (χ4v) is 4.27. The van der Waals surface area contributed by atoms with Crippen LogP contribution < -0.4 is 10.5 Å². The van der Waals surface area contributed by atoms with Crippen molar-refractivity contribution in [1.82, 2.24) is 5.32 Å². The highest BCUT2D eigenvalue weighted by Crippen LogP contribution is 2.44.